The van der Waals surface area contributed by atoms with E-state index in [1.165, 1.54) is 0 Å². The van der Waals surface area contributed by atoms with Gasteiger partial charge in [-0.3, -0.25) is 0 Å². The highest BCUT2D eigenvalue weighted by molar-refractivity contribution is 5.43. The quantitative estimate of drug-likeness (QED) is 0.820. The van der Waals surface area contributed by atoms with Gasteiger partial charge < -0.3 is 9.47 Å². The molecule has 0 N–H and O–H groups in total. The van der Waals surface area contributed by atoms with Crippen LogP contribution < -0.4 is 9.47 Å². The molecular formula is C15H13NO2. The molecule has 3 nitrogen and oxygen atoms in total. The lowest BCUT2D eigenvalue weighted by molar-refractivity contribution is 0.413. The fourth-order valence-corrected chi connectivity index (χ4v) is 1.60. The fourth-order valence-electron chi connectivity index (χ4n) is 1.60. The molecule has 0 saturated heterocycles. The molecule has 0 amide bonds. The maximum absolute atomic E-state index is 8.85. The van der Waals surface area contributed by atoms with Gasteiger partial charge in [0.15, 0.2) is 0 Å². The van der Waals surface area contributed by atoms with Crippen molar-refractivity contribution in [3.8, 4) is 23.3 Å². The first-order valence-electron chi connectivity index (χ1n) is 5.55. The Morgan fingerprint density at radius 1 is 0.944 bits per heavy atom. The lowest BCUT2D eigenvalue weighted by Crippen LogP contribution is -1.88. The monoisotopic (exact) mass is 239 g/mol. The largest absolute Gasteiger partial charge is 0.497 e. The molecule has 18 heavy (non-hydrogen) atoms. The van der Waals surface area contributed by atoms with Gasteiger partial charge in [-0.1, -0.05) is 0 Å². The van der Waals surface area contributed by atoms with Crippen LogP contribution in [0.25, 0.3) is 0 Å². The van der Waals surface area contributed by atoms with Gasteiger partial charge in [0.05, 0.1) is 18.7 Å². The van der Waals surface area contributed by atoms with Crippen molar-refractivity contribution in [2.45, 2.75) is 6.92 Å². The Morgan fingerprint density at radius 3 is 2.11 bits per heavy atom. The number of methoxy groups -OCH3 is 1. The molecular weight excluding hydrogens is 226 g/mol. The van der Waals surface area contributed by atoms with Gasteiger partial charge in [0, 0.05) is 0 Å². The third kappa shape index (κ3) is 2.61. The summed E-state index contributed by atoms with van der Waals surface area (Å²) in [6.45, 7) is 1.89. The Bertz CT molecular complexity index is 582. The molecule has 0 aliphatic rings. The van der Waals surface area contributed by atoms with Gasteiger partial charge in [0.2, 0.25) is 0 Å². The molecule has 0 unspecified atom stereocenters. The third-order valence-corrected chi connectivity index (χ3v) is 2.61. The minimum Gasteiger partial charge on any atom is -0.497 e. The first-order chi connectivity index (χ1) is 8.72. The van der Waals surface area contributed by atoms with Gasteiger partial charge in [-0.05, 0) is 55.0 Å². The zero-order valence-electron chi connectivity index (χ0n) is 10.3. The fraction of sp³-hybridized carbons (Fsp3) is 0.133. The predicted octanol–water partition coefficient (Wildman–Crippen LogP) is 3.67. The Labute approximate surface area is 106 Å². The molecule has 0 aliphatic carbocycles. The molecule has 90 valence electrons. The SMILES string of the molecule is COc1ccc(Oc2ccc(C#N)c(C)c2)cc1. The molecule has 0 bridgehead atoms. The van der Waals surface area contributed by atoms with Gasteiger partial charge in [-0.15, -0.1) is 0 Å². The van der Waals surface area contributed by atoms with E-state index in [0.29, 0.717) is 5.56 Å². The van der Waals surface area contributed by atoms with Crippen molar-refractivity contribution in [1.29, 1.82) is 5.26 Å². The summed E-state index contributed by atoms with van der Waals surface area (Å²) in [5.41, 5.74) is 1.57. The van der Waals surface area contributed by atoms with E-state index in [1.807, 2.05) is 37.3 Å². The average Bonchev–Trinajstić information content (AvgIpc) is 2.40. The van der Waals surface area contributed by atoms with E-state index in [1.54, 1.807) is 19.2 Å². The molecule has 0 radical (unpaired) electrons. The Balaban J connectivity index is 2.18. The molecule has 2 aromatic rings. The number of benzene rings is 2. The smallest absolute Gasteiger partial charge is 0.127 e. The molecule has 3 heteroatoms. The maximum atomic E-state index is 8.85. The van der Waals surface area contributed by atoms with Crippen molar-refractivity contribution in [1.82, 2.24) is 0 Å². The maximum Gasteiger partial charge on any atom is 0.127 e. The number of rotatable bonds is 3. The summed E-state index contributed by atoms with van der Waals surface area (Å²) in [7, 11) is 1.62. The molecule has 2 rings (SSSR count). The lowest BCUT2D eigenvalue weighted by atomic mass is 10.1. The second-order valence-electron chi connectivity index (χ2n) is 3.87. The van der Waals surface area contributed by atoms with Crippen LogP contribution >= 0.6 is 0 Å². The Morgan fingerprint density at radius 2 is 1.56 bits per heavy atom. The second-order valence-corrected chi connectivity index (χ2v) is 3.87. The number of aryl methyl sites for hydroxylation is 1. The van der Waals surface area contributed by atoms with E-state index >= 15 is 0 Å². The lowest BCUT2D eigenvalue weighted by Gasteiger charge is -2.07. The predicted molar refractivity (Wildman–Crippen MR) is 69.0 cm³/mol. The van der Waals surface area contributed by atoms with Crippen LogP contribution in [-0.2, 0) is 0 Å². The van der Waals surface area contributed by atoms with Crippen LogP contribution in [0.3, 0.4) is 0 Å². The standard InChI is InChI=1S/C15H13NO2/c1-11-9-15(4-3-12(11)10-16)18-14-7-5-13(17-2)6-8-14/h3-9H,1-2H3. The van der Waals surface area contributed by atoms with Crippen LogP contribution in [0.5, 0.6) is 17.2 Å². The van der Waals surface area contributed by atoms with Gasteiger partial charge in [-0.2, -0.15) is 5.26 Å². The topological polar surface area (TPSA) is 42.2 Å². The van der Waals surface area contributed by atoms with Crippen molar-refractivity contribution in [2.75, 3.05) is 7.11 Å². The van der Waals surface area contributed by atoms with E-state index in [4.69, 9.17) is 14.7 Å². The summed E-state index contributed by atoms with van der Waals surface area (Å²) in [6, 6.07) is 14.9. The Hall–Kier alpha value is -2.47. The summed E-state index contributed by atoms with van der Waals surface area (Å²) in [5, 5.41) is 8.85. The van der Waals surface area contributed by atoms with E-state index in [9.17, 15) is 0 Å². The Kier molecular flexibility index (Phi) is 3.49. The molecule has 0 spiro atoms. The van der Waals surface area contributed by atoms with Crippen molar-refractivity contribution >= 4 is 0 Å². The number of hydrogen-bond acceptors (Lipinski definition) is 3. The average molecular weight is 239 g/mol. The van der Waals surface area contributed by atoms with Crippen LogP contribution in [0.2, 0.25) is 0 Å². The molecule has 0 saturated carbocycles. The normalized spacial score (nSPS) is 9.61. The van der Waals surface area contributed by atoms with Crippen molar-refractivity contribution < 1.29 is 9.47 Å². The van der Waals surface area contributed by atoms with Gasteiger partial charge in [0.1, 0.15) is 17.2 Å². The molecule has 0 aromatic heterocycles. The molecule has 0 aliphatic heterocycles. The summed E-state index contributed by atoms with van der Waals surface area (Å²) >= 11 is 0. The number of ether oxygens (including phenoxy) is 2. The molecule has 2 aromatic carbocycles. The summed E-state index contributed by atoms with van der Waals surface area (Å²) in [5.74, 6) is 2.25. The van der Waals surface area contributed by atoms with Crippen LogP contribution in [-0.4, -0.2) is 7.11 Å². The second kappa shape index (κ2) is 5.24. The van der Waals surface area contributed by atoms with Gasteiger partial charge in [0.25, 0.3) is 0 Å². The molecule has 0 heterocycles. The van der Waals surface area contributed by atoms with Crippen LogP contribution in [0.4, 0.5) is 0 Å². The zero-order chi connectivity index (χ0) is 13.0. The zero-order valence-corrected chi connectivity index (χ0v) is 10.3. The van der Waals surface area contributed by atoms with E-state index < -0.39 is 0 Å². The summed E-state index contributed by atoms with van der Waals surface area (Å²) in [6.07, 6.45) is 0. The number of nitrogens with zero attached hydrogens (tertiary/aromatic N) is 1. The van der Waals surface area contributed by atoms with Crippen molar-refractivity contribution in [2.24, 2.45) is 0 Å². The minimum absolute atomic E-state index is 0.664. The van der Waals surface area contributed by atoms with E-state index in [0.717, 1.165) is 22.8 Å². The molecule has 0 atom stereocenters. The summed E-state index contributed by atoms with van der Waals surface area (Å²) in [4.78, 5) is 0. The highest BCUT2D eigenvalue weighted by Crippen LogP contribution is 2.25. The van der Waals surface area contributed by atoms with Crippen LogP contribution in [0, 0.1) is 18.3 Å². The number of nitriles is 1. The van der Waals surface area contributed by atoms with Gasteiger partial charge >= 0.3 is 0 Å². The first-order valence-corrected chi connectivity index (χ1v) is 5.55. The highest BCUT2D eigenvalue weighted by Gasteiger charge is 2.01. The van der Waals surface area contributed by atoms with Crippen molar-refractivity contribution in [3.05, 3.63) is 53.6 Å². The van der Waals surface area contributed by atoms with E-state index in [2.05, 4.69) is 6.07 Å². The van der Waals surface area contributed by atoms with Crippen LogP contribution in [0.15, 0.2) is 42.5 Å². The van der Waals surface area contributed by atoms with E-state index in [-0.39, 0.29) is 0 Å². The third-order valence-electron chi connectivity index (χ3n) is 2.61. The number of hydrogen-bond donors (Lipinski definition) is 0. The van der Waals surface area contributed by atoms with Crippen LogP contribution in [0.1, 0.15) is 11.1 Å². The van der Waals surface area contributed by atoms with Gasteiger partial charge in [-0.25, -0.2) is 0 Å². The first kappa shape index (κ1) is 12.0. The van der Waals surface area contributed by atoms with Crippen molar-refractivity contribution in [3.63, 3.8) is 0 Å². The highest BCUT2D eigenvalue weighted by atomic mass is 16.5. The minimum atomic E-state index is 0.664. The molecule has 0 fully saturated rings. The summed E-state index contributed by atoms with van der Waals surface area (Å²) < 4.78 is 10.8.